The van der Waals surface area contributed by atoms with Gasteiger partial charge in [-0.1, -0.05) is 0 Å². The van der Waals surface area contributed by atoms with Gasteiger partial charge in [-0.15, -0.1) is 0 Å². The van der Waals surface area contributed by atoms with E-state index in [0.717, 1.165) is 5.65 Å². The third-order valence-corrected chi connectivity index (χ3v) is 4.38. The predicted octanol–water partition coefficient (Wildman–Crippen LogP) is 1.00. The second-order valence-electron chi connectivity index (χ2n) is 5.99. The molecule has 2 aliphatic heterocycles. The Kier molecular flexibility index (Phi) is 2.66. The Morgan fingerprint density at radius 1 is 1.36 bits per heavy atom. The molecule has 2 aromatic rings. The van der Waals surface area contributed by atoms with E-state index in [1.807, 2.05) is 16.7 Å². The standard InChI is InChI=1S/C15H16N4O3/c1-17-9-15(22-14(17)21)4-6-19(10-15)13(20)11-2-3-12-16-5-7-18(12)8-11/h2-3,5,7-8H,4,6,9-10H2,1H3. The van der Waals surface area contributed by atoms with Gasteiger partial charge in [0.25, 0.3) is 5.91 Å². The van der Waals surface area contributed by atoms with E-state index in [4.69, 9.17) is 4.74 Å². The Morgan fingerprint density at radius 3 is 3.00 bits per heavy atom. The first-order valence-electron chi connectivity index (χ1n) is 7.22. The highest BCUT2D eigenvalue weighted by molar-refractivity contribution is 5.94. The monoisotopic (exact) mass is 300 g/mol. The van der Waals surface area contributed by atoms with E-state index in [0.29, 0.717) is 31.6 Å². The quantitative estimate of drug-likeness (QED) is 0.788. The van der Waals surface area contributed by atoms with Crippen LogP contribution in [-0.2, 0) is 4.74 Å². The maximum absolute atomic E-state index is 12.7. The number of likely N-dealkylation sites (tertiary alicyclic amines) is 1. The lowest BCUT2D eigenvalue weighted by molar-refractivity contribution is 0.0553. The number of carbonyl (C=O) groups is 2. The number of imidazole rings is 1. The van der Waals surface area contributed by atoms with Gasteiger partial charge in [-0.05, 0) is 12.1 Å². The molecule has 7 heteroatoms. The third-order valence-electron chi connectivity index (χ3n) is 4.38. The van der Waals surface area contributed by atoms with Crippen molar-refractivity contribution in [1.29, 1.82) is 0 Å². The number of aromatic nitrogens is 2. The van der Waals surface area contributed by atoms with Crippen molar-refractivity contribution < 1.29 is 14.3 Å². The fraction of sp³-hybridized carbons (Fsp3) is 0.400. The summed E-state index contributed by atoms with van der Waals surface area (Å²) in [6, 6.07) is 3.60. The molecule has 7 nitrogen and oxygen atoms in total. The zero-order valence-corrected chi connectivity index (χ0v) is 12.2. The predicted molar refractivity (Wildman–Crippen MR) is 77.6 cm³/mol. The van der Waals surface area contributed by atoms with Crippen molar-refractivity contribution in [2.24, 2.45) is 0 Å². The molecule has 0 aliphatic carbocycles. The summed E-state index contributed by atoms with van der Waals surface area (Å²) in [6.07, 6.45) is 5.66. The van der Waals surface area contributed by atoms with Crippen LogP contribution in [0, 0.1) is 0 Å². The molecule has 1 spiro atoms. The Labute approximate surface area is 127 Å². The van der Waals surface area contributed by atoms with E-state index in [1.54, 1.807) is 35.3 Å². The fourth-order valence-corrected chi connectivity index (χ4v) is 3.25. The van der Waals surface area contributed by atoms with Crippen LogP contribution in [0.3, 0.4) is 0 Å². The highest BCUT2D eigenvalue weighted by Gasteiger charge is 2.49. The van der Waals surface area contributed by atoms with E-state index in [1.165, 1.54) is 0 Å². The summed E-state index contributed by atoms with van der Waals surface area (Å²) in [5, 5.41) is 0. The minimum Gasteiger partial charge on any atom is -0.439 e. The van der Waals surface area contributed by atoms with Gasteiger partial charge in [0.05, 0.1) is 18.7 Å². The molecule has 2 fully saturated rings. The summed E-state index contributed by atoms with van der Waals surface area (Å²) in [5.41, 5.74) is 0.877. The SMILES string of the molecule is CN1CC2(CCN(C(=O)c3ccc4nccn4c3)C2)OC1=O. The number of nitrogens with zero attached hydrogens (tertiary/aromatic N) is 4. The molecule has 2 amide bonds. The van der Waals surface area contributed by atoms with Gasteiger partial charge in [0, 0.05) is 38.6 Å². The number of ether oxygens (including phenoxy) is 1. The van der Waals surface area contributed by atoms with Gasteiger partial charge >= 0.3 is 6.09 Å². The van der Waals surface area contributed by atoms with E-state index in [2.05, 4.69) is 4.98 Å². The van der Waals surface area contributed by atoms with E-state index in [-0.39, 0.29) is 12.0 Å². The van der Waals surface area contributed by atoms with Gasteiger partial charge in [0.1, 0.15) is 5.65 Å². The van der Waals surface area contributed by atoms with Crippen LogP contribution in [0.4, 0.5) is 4.79 Å². The number of amides is 2. The number of rotatable bonds is 1. The highest BCUT2D eigenvalue weighted by Crippen LogP contribution is 2.32. The van der Waals surface area contributed by atoms with Crippen LogP contribution in [-0.4, -0.2) is 63.5 Å². The zero-order valence-electron chi connectivity index (χ0n) is 12.2. The van der Waals surface area contributed by atoms with Crippen LogP contribution < -0.4 is 0 Å². The van der Waals surface area contributed by atoms with Crippen LogP contribution in [0.1, 0.15) is 16.8 Å². The minimum absolute atomic E-state index is 0.0434. The average Bonchev–Trinajstić information content (AvgIpc) is 3.18. The number of hydrogen-bond donors (Lipinski definition) is 0. The third kappa shape index (κ3) is 1.93. The molecule has 114 valence electrons. The molecule has 4 rings (SSSR count). The molecule has 2 saturated heterocycles. The van der Waals surface area contributed by atoms with Gasteiger partial charge in [-0.2, -0.15) is 0 Å². The number of fused-ring (bicyclic) bond motifs is 1. The van der Waals surface area contributed by atoms with E-state index < -0.39 is 5.60 Å². The first kappa shape index (κ1) is 13.1. The molecule has 0 radical (unpaired) electrons. The van der Waals surface area contributed by atoms with Crippen LogP contribution in [0.15, 0.2) is 30.7 Å². The summed E-state index contributed by atoms with van der Waals surface area (Å²) in [6.45, 7) is 1.59. The first-order valence-corrected chi connectivity index (χ1v) is 7.22. The zero-order chi connectivity index (χ0) is 15.3. The van der Waals surface area contributed by atoms with Gasteiger partial charge in [0.15, 0.2) is 5.60 Å². The molecule has 0 N–H and O–H groups in total. The van der Waals surface area contributed by atoms with Crippen molar-refractivity contribution in [3.05, 3.63) is 36.3 Å². The molecule has 0 saturated carbocycles. The summed E-state index contributed by atoms with van der Waals surface area (Å²) in [5.74, 6) is -0.0434. The molecule has 1 unspecified atom stereocenters. The Bertz CT molecular complexity index is 771. The average molecular weight is 300 g/mol. The van der Waals surface area contributed by atoms with Gasteiger partial charge in [-0.25, -0.2) is 9.78 Å². The second kappa shape index (κ2) is 4.46. The summed E-state index contributed by atoms with van der Waals surface area (Å²) < 4.78 is 7.30. The molecule has 4 heterocycles. The molecule has 22 heavy (non-hydrogen) atoms. The van der Waals surface area contributed by atoms with Crippen molar-refractivity contribution in [3.8, 4) is 0 Å². The smallest absolute Gasteiger partial charge is 0.410 e. The van der Waals surface area contributed by atoms with Crippen molar-refractivity contribution in [1.82, 2.24) is 19.2 Å². The maximum atomic E-state index is 12.7. The number of hydrogen-bond acceptors (Lipinski definition) is 4. The second-order valence-corrected chi connectivity index (χ2v) is 5.99. The number of pyridine rings is 1. The molecule has 1 atom stereocenters. The van der Waals surface area contributed by atoms with Crippen LogP contribution >= 0.6 is 0 Å². The van der Waals surface area contributed by atoms with Gasteiger partial charge in [-0.3, -0.25) is 4.79 Å². The van der Waals surface area contributed by atoms with Crippen LogP contribution in [0.2, 0.25) is 0 Å². The Hall–Kier alpha value is -2.57. The largest absolute Gasteiger partial charge is 0.439 e. The van der Waals surface area contributed by atoms with Crippen molar-refractivity contribution in [2.45, 2.75) is 12.0 Å². The topological polar surface area (TPSA) is 67.2 Å². The Morgan fingerprint density at radius 2 is 2.23 bits per heavy atom. The summed E-state index contributed by atoms with van der Waals surface area (Å²) in [4.78, 5) is 31.7. The molecule has 2 aromatic heterocycles. The van der Waals surface area contributed by atoms with E-state index >= 15 is 0 Å². The van der Waals surface area contributed by atoms with Crippen molar-refractivity contribution in [3.63, 3.8) is 0 Å². The summed E-state index contributed by atoms with van der Waals surface area (Å²) >= 11 is 0. The number of likely N-dealkylation sites (N-methyl/N-ethyl adjacent to an activating group) is 1. The molecule has 0 aromatic carbocycles. The Balaban J connectivity index is 1.55. The summed E-state index contributed by atoms with van der Waals surface area (Å²) in [7, 11) is 1.72. The lowest BCUT2D eigenvalue weighted by Gasteiger charge is -2.21. The molecule has 2 aliphatic rings. The first-order chi connectivity index (χ1) is 10.6. The lowest BCUT2D eigenvalue weighted by atomic mass is 10.0. The normalized spacial score (nSPS) is 24.5. The minimum atomic E-state index is -0.541. The maximum Gasteiger partial charge on any atom is 0.410 e. The van der Waals surface area contributed by atoms with Gasteiger partial charge in [0.2, 0.25) is 0 Å². The van der Waals surface area contributed by atoms with Crippen molar-refractivity contribution >= 4 is 17.6 Å². The lowest BCUT2D eigenvalue weighted by Crippen LogP contribution is -2.39. The fourth-order valence-electron chi connectivity index (χ4n) is 3.25. The highest BCUT2D eigenvalue weighted by atomic mass is 16.6. The van der Waals surface area contributed by atoms with Crippen molar-refractivity contribution in [2.75, 3.05) is 26.7 Å². The molecule has 0 bridgehead atoms. The number of carbonyl (C=O) groups excluding carboxylic acids is 2. The van der Waals surface area contributed by atoms with Crippen LogP contribution in [0.5, 0.6) is 0 Å². The van der Waals surface area contributed by atoms with E-state index in [9.17, 15) is 9.59 Å². The van der Waals surface area contributed by atoms with Crippen LogP contribution in [0.25, 0.3) is 5.65 Å². The van der Waals surface area contributed by atoms with Gasteiger partial charge < -0.3 is 18.9 Å². The molecular weight excluding hydrogens is 284 g/mol. The molecular formula is C15H16N4O3.